The van der Waals surface area contributed by atoms with Gasteiger partial charge in [0.2, 0.25) is 0 Å². The number of nitrogen functional groups attached to an aromatic ring is 1. The highest BCUT2D eigenvalue weighted by Gasteiger charge is 2.02. The van der Waals surface area contributed by atoms with Gasteiger partial charge in [-0.1, -0.05) is 30.0 Å². The van der Waals surface area contributed by atoms with Gasteiger partial charge in [-0.3, -0.25) is 5.41 Å². The molecule has 0 amide bonds. The predicted molar refractivity (Wildman–Crippen MR) is 73.8 cm³/mol. The molecule has 18 heavy (non-hydrogen) atoms. The molecular weight excluding hydrogens is 244 g/mol. The van der Waals surface area contributed by atoms with Crippen molar-refractivity contribution in [2.24, 2.45) is 5.73 Å². The molecule has 0 saturated heterocycles. The van der Waals surface area contributed by atoms with Crippen molar-refractivity contribution in [2.75, 3.05) is 0 Å². The fourth-order valence-electron chi connectivity index (χ4n) is 1.47. The summed E-state index contributed by atoms with van der Waals surface area (Å²) >= 11 is 1.57. The highest BCUT2D eigenvalue weighted by molar-refractivity contribution is 7.98. The highest BCUT2D eigenvalue weighted by Crippen LogP contribution is 2.19. The molecule has 0 saturated carbocycles. The Balaban J connectivity index is 2.06. The largest absolute Gasteiger partial charge is 0.384 e. The number of hydrogen-bond donors (Lipinski definition) is 2. The van der Waals surface area contributed by atoms with Gasteiger partial charge in [0.25, 0.3) is 0 Å². The second-order valence-electron chi connectivity index (χ2n) is 3.88. The standard InChI is InChI=1S/C13H14N4S/c1-9-5-6-16-13(17-9)18-8-10-3-2-4-11(7-10)12(14)15/h2-7H,8H2,1H3,(H3,14,15). The quantitative estimate of drug-likeness (QED) is 0.382. The van der Waals surface area contributed by atoms with Crippen LogP contribution in [-0.2, 0) is 5.75 Å². The summed E-state index contributed by atoms with van der Waals surface area (Å²) < 4.78 is 0. The average Bonchev–Trinajstić information content (AvgIpc) is 2.37. The molecule has 3 N–H and O–H groups in total. The number of nitrogens with one attached hydrogen (secondary N) is 1. The van der Waals surface area contributed by atoms with Gasteiger partial charge in [0, 0.05) is 23.2 Å². The van der Waals surface area contributed by atoms with E-state index < -0.39 is 0 Å². The van der Waals surface area contributed by atoms with E-state index in [1.54, 1.807) is 18.0 Å². The fourth-order valence-corrected chi connectivity index (χ4v) is 2.29. The van der Waals surface area contributed by atoms with Gasteiger partial charge in [-0.05, 0) is 24.6 Å². The lowest BCUT2D eigenvalue weighted by atomic mass is 10.1. The van der Waals surface area contributed by atoms with Crippen LogP contribution in [-0.4, -0.2) is 15.8 Å². The Kier molecular flexibility index (Phi) is 3.94. The van der Waals surface area contributed by atoms with E-state index in [0.29, 0.717) is 0 Å². The van der Waals surface area contributed by atoms with Crippen molar-refractivity contribution in [2.45, 2.75) is 17.8 Å². The van der Waals surface area contributed by atoms with Crippen molar-refractivity contribution in [3.8, 4) is 0 Å². The molecule has 0 unspecified atom stereocenters. The van der Waals surface area contributed by atoms with Crippen LogP contribution < -0.4 is 5.73 Å². The zero-order chi connectivity index (χ0) is 13.0. The molecule has 2 rings (SSSR count). The maximum absolute atomic E-state index is 7.40. The first-order valence-corrected chi connectivity index (χ1v) is 6.49. The third kappa shape index (κ3) is 3.30. The number of hydrogen-bond acceptors (Lipinski definition) is 4. The number of thioether (sulfide) groups is 1. The zero-order valence-corrected chi connectivity index (χ0v) is 10.9. The molecule has 92 valence electrons. The summed E-state index contributed by atoms with van der Waals surface area (Å²) in [6, 6.07) is 9.55. The van der Waals surface area contributed by atoms with Crippen LogP contribution in [0.4, 0.5) is 0 Å². The Morgan fingerprint density at radius 2 is 2.22 bits per heavy atom. The van der Waals surface area contributed by atoms with E-state index in [1.807, 2.05) is 37.3 Å². The normalized spacial score (nSPS) is 10.3. The van der Waals surface area contributed by atoms with Gasteiger partial charge in [-0.2, -0.15) is 0 Å². The summed E-state index contributed by atoms with van der Waals surface area (Å²) in [5, 5.41) is 8.17. The minimum Gasteiger partial charge on any atom is -0.384 e. The molecule has 1 aromatic carbocycles. The van der Waals surface area contributed by atoms with Crippen molar-refractivity contribution in [1.29, 1.82) is 5.41 Å². The minimum atomic E-state index is 0.0913. The van der Waals surface area contributed by atoms with E-state index >= 15 is 0 Å². The summed E-state index contributed by atoms with van der Waals surface area (Å²) in [4.78, 5) is 8.53. The molecule has 1 heterocycles. The molecular formula is C13H14N4S. The summed E-state index contributed by atoms with van der Waals surface area (Å²) in [7, 11) is 0. The number of rotatable bonds is 4. The van der Waals surface area contributed by atoms with Gasteiger partial charge in [-0.15, -0.1) is 0 Å². The lowest BCUT2D eigenvalue weighted by molar-refractivity contribution is 0.932. The van der Waals surface area contributed by atoms with E-state index in [-0.39, 0.29) is 5.84 Å². The van der Waals surface area contributed by atoms with Crippen molar-refractivity contribution in [1.82, 2.24) is 9.97 Å². The fraction of sp³-hybridized carbons (Fsp3) is 0.154. The van der Waals surface area contributed by atoms with Crippen LogP contribution >= 0.6 is 11.8 Å². The van der Waals surface area contributed by atoms with Gasteiger partial charge in [-0.25, -0.2) is 9.97 Å². The molecule has 5 heteroatoms. The predicted octanol–water partition coefficient (Wildman–Crippen LogP) is 2.36. The first-order chi connectivity index (χ1) is 8.65. The number of amidine groups is 1. The second-order valence-corrected chi connectivity index (χ2v) is 4.83. The van der Waals surface area contributed by atoms with Crippen LogP contribution in [0, 0.1) is 12.3 Å². The van der Waals surface area contributed by atoms with Gasteiger partial charge < -0.3 is 5.73 Å². The Morgan fingerprint density at radius 3 is 2.94 bits per heavy atom. The van der Waals surface area contributed by atoms with Crippen molar-refractivity contribution < 1.29 is 0 Å². The summed E-state index contributed by atoms with van der Waals surface area (Å²) in [5.74, 6) is 0.860. The minimum absolute atomic E-state index is 0.0913. The molecule has 0 atom stereocenters. The molecule has 2 aromatic rings. The lowest BCUT2D eigenvalue weighted by Gasteiger charge is -2.04. The maximum atomic E-state index is 7.40. The maximum Gasteiger partial charge on any atom is 0.188 e. The average molecular weight is 258 g/mol. The first kappa shape index (κ1) is 12.6. The molecule has 0 radical (unpaired) electrons. The monoisotopic (exact) mass is 258 g/mol. The SMILES string of the molecule is Cc1ccnc(SCc2cccc(C(=N)N)c2)n1. The number of nitrogens with zero attached hydrogens (tertiary/aromatic N) is 2. The van der Waals surface area contributed by atoms with Crippen LogP contribution in [0.3, 0.4) is 0 Å². The van der Waals surface area contributed by atoms with Crippen molar-refractivity contribution in [3.63, 3.8) is 0 Å². The Labute approximate surface area is 110 Å². The van der Waals surface area contributed by atoms with Gasteiger partial charge in [0.1, 0.15) is 5.84 Å². The number of aryl methyl sites for hydroxylation is 1. The third-order valence-electron chi connectivity index (χ3n) is 2.38. The number of aromatic nitrogens is 2. The topological polar surface area (TPSA) is 75.7 Å². The number of nitrogens with two attached hydrogens (primary N) is 1. The summed E-state index contributed by atoms with van der Waals surface area (Å²) in [6.07, 6.45) is 1.76. The van der Waals surface area contributed by atoms with Crippen LogP contribution in [0.25, 0.3) is 0 Å². The van der Waals surface area contributed by atoms with E-state index in [2.05, 4.69) is 9.97 Å². The van der Waals surface area contributed by atoms with Gasteiger partial charge in [0.15, 0.2) is 5.16 Å². The Bertz CT molecular complexity index is 568. The first-order valence-electron chi connectivity index (χ1n) is 5.51. The van der Waals surface area contributed by atoms with E-state index in [1.165, 1.54) is 0 Å². The third-order valence-corrected chi connectivity index (χ3v) is 3.31. The molecule has 0 bridgehead atoms. The molecule has 1 aromatic heterocycles. The number of benzene rings is 1. The van der Waals surface area contributed by atoms with Crippen LogP contribution in [0.15, 0.2) is 41.7 Å². The molecule has 4 nitrogen and oxygen atoms in total. The zero-order valence-electron chi connectivity index (χ0n) is 10.1. The van der Waals surface area contributed by atoms with E-state index in [4.69, 9.17) is 11.1 Å². The van der Waals surface area contributed by atoms with Crippen molar-refractivity contribution in [3.05, 3.63) is 53.3 Å². The molecule has 0 spiro atoms. The molecule has 0 aliphatic carbocycles. The smallest absolute Gasteiger partial charge is 0.188 e. The second kappa shape index (κ2) is 5.64. The molecule has 0 aliphatic heterocycles. The van der Waals surface area contributed by atoms with Crippen LogP contribution in [0.5, 0.6) is 0 Å². The summed E-state index contributed by atoms with van der Waals surface area (Å²) in [5.41, 5.74) is 8.28. The van der Waals surface area contributed by atoms with Gasteiger partial charge in [0.05, 0.1) is 0 Å². The van der Waals surface area contributed by atoms with Crippen LogP contribution in [0.2, 0.25) is 0 Å². The summed E-state index contributed by atoms with van der Waals surface area (Å²) in [6.45, 7) is 1.95. The lowest BCUT2D eigenvalue weighted by Crippen LogP contribution is -2.10. The highest BCUT2D eigenvalue weighted by atomic mass is 32.2. The van der Waals surface area contributed by atoms with E-state index in [0.717, 1.165) is 27.7 Å². The molecule has 0 fully saturated rings. The van der Waals surface area contributed by atoms with Crippen LogP contribution in [0.1, 0.15) is 16.8 Å². The Morgan fingerprint density at radius 1 is 1.39 bits per heavy atom. The Hall–Kier alpha value is -1.88. The molecule has 0 aliphatic rings. The van der Waals surface area contributed by atoms with E-state index in [9.17, 15) is 0 Å². The van der Waals surface area contributed by atoms with Crippen molar-refractivity contribution >= 4 is 17.6 Å². The van der Waals surface area contributed by atoms with Gasteiger partial charge >= 0.3 is 0 Å².